The van der Waals surface area contributed by atoms with Crippen LogP contribution in [0.1, 0.15) is 31.4 Å². The lowest BCUT2D eigenvalue weighted by Crippen LogP contribution is -2.33. The van der Waals surface area contributed by atoms with Gasteiger partial charge in [0, 0.05) is 13.1 Å². The van der Waals surface area contributed by atoms with E-state index in [1.54, 1.807) is 12.1 Å². The van der Waals surface area contributed by atoms with Gasteiger partial charge in [0.2, 0.25) is 0 Å². The molecule has 0 aliphatic carbocycles. The van der Waals surface area contributed by atoms with E-state index >= 15 is 0 Å². The molecule has 0 spiro atoms. The Labute approximate surface area is 120 Å². The zero-order valence-electron chi connectivity index (χ0n) is 12.2. The zero-order chi connectivity index (χ0) is 14.4. The third kappa shape index (κ3) is 4.85. The van der Waals surface area contributed by atoms with Gasteiger partial charge in [0.25, 0.3) is 0 Å². The molecule has 2 atom stereocenters. The lowest BCUT2D eigenvalue weighted by Gasteiger charge is -2.21. The Morgan fingerprint density at radius 1 is 1.30 bits per heavy atom. The summed E-state index contributed by atoms with van der Waals surface area (Å²) in [6.07, 6.45) is 1.99. The van der Waals surface area contributed by atoms with Crippen molar-refractivity contribution < 1.29 is 9.50 Å². The molecule has 1 fully saturated rings. The Balaban J connectivity index is 1.66. The highest BCUT2D eigenvalue weighted by Crippen LogP contribution is 2.13. The molecule has 0 amide bonds. The third-order valence-corrected chi connectivity index (χ3v) is 3.83. The van der Waals surface area contributed by atoms with Crippen LogP contribution in [0.2, 0.25) is 0 Å². The highest BCUT2D eigenvalue weighted by molar-refractivity contribution is 5.18. The fourth-order valence-electron chi connectivity index (χ4n) is 2.77. The molecule has 1 aromatic carbocycles. The van der Waals surface area contributed by atoms with Crippen LogP contribution in [-0.2, 0) is 0 Å². The van der Waals surface area contributed by atoms with Crippen LogP contribution in [0, 0.1) is 11.7 Å². The van der Waals surface area contributed by atoms with Crippen molar-refractivity contribution >= 4 is 0 Å². The maximum absolute atomic E-state index is 13.1. The molecule has 1 aromatic rings. The maximum atomic E-state index is 13.1. The molecule has 20 heavy (non-hydrogen) atoms. The Hall–Kier alpha value is -0.970. The van der Waals surface area contributed by atoms with E-state index in [1.165, 1.54) is 38.1 Å². The second-order valence-corrected chi connectivity index (χ2v) is 5.84. The number of nitrogens with zero attached hydrogens (tertiary/aromatic N) is 1. The molecular weight excluding hydrogens is 255 g/mol. The largest absolute Gasteiger partial charge is 0.387 e. The van der Waals surface area contributed by atoms with E-state index < -0.39 is 6.10 Å². The summed E-state index contributed by atoms with van der Waals surface area (Å²) in [7, 11) is 0. The third-order valence-electron chi connectivity index (χ3n) is 3.83. The molecule has 4 heteroatoms. The lowest BCUT2D eigenvalue weighted by atomic mass is 10.1. The van der Waals surface area contributed by atoms with Crippen LogP contribution < -0.4 is 5.32 Å². The van der Waals surface area contributed by atoms with E-state index in [-0.39, 0.29) is 5.82 Å². The molecule has 0 bridgehead atoms. The average molecular weight is 280 g/mol. The minimum atomic E-state index is -0.648. The van der Waals surface area contributed by atoms with Crippen molar-refractivity contribution in [1.29, 1.82) is 0 Å². The van der Waals surface area contributed by atoms with E-state index in [0.29, 0.717) is 18.0 Å². The summed E-state index contributed by atoms with van der Waals surface area (Å²) in [6, 6.07) is 6.16. The molecule has 1 saturated heterocycles. The Morgan fingerprint density at radius 2 is 2.05 bits per heavy atom. The maximum Gasteiger partial charge on any atom is 0.123 e. The number of hydrogen-bond donors (Lipinski definition) is 2. The fraction of sp³-hybridized carbons (Fsp3) is 0.625. The van der Waals surface area contributed by atoms with Gasteiger partial charge < -0.3 is 15.3 Å². The van der Waals surface area contributed by atoms with Crippen LogP contribution in [0.3, 0.4) is 0 Å². The first kappa shape index (κ1) is 15.4. The molecule has 2 rings (SSSR count). The Kier molecular flexibility index (Phi) is 5.95. The van der Waals surface area contributed by atoms with Crippen LogP contribution in [0.15, 0.2) is 24.3 Å². The standard InChI is InChI=1S/C16H25FN2O/c1-13(12-19-7-2-3-8-19)10-18-11-16(20)14-5-4-6-15(17)9-14/h4-6,9,13,16,18,20H,2-3,7-8,10-12H2,1H3. The van der Waals surface area contributed by atoms with Crippen molar-refractivity contribution in [1.82, 2.24) is 10.2 Å². The van der Waals surface area contributed by atoms with Crippen LogP contribution >= 0.6 is 0 Å². The number of likely N-dealkylation sites (tertiary alicyclic amines) is 1. The van der Waals surface area contributed by atoms with Crippen LogP contribution in [0.5, 0.6) is 0 Å². The van der Waals surface area contributed by atoms with Gasteiger partial charge in [-0.2, -0.15) is 0 Å². The minimum absolute atomic E-state index is 0.302. The van der Waals surface area contributed by atoms with Gasteiger partial charge in [-0.25, -0.2) is 4.39 Å². The predicted molar refractivity (Wildman–Crippen MR) is 79.1 cm³/mol. The van der Waals surface area contributed by atoms with E-state index in [9.17, 15) is 9.50 Å². The summed E-state index contributed by atoms with van der Waals surface area (Å²) in [5.41, 5.74) is 0.629. The molecule has 3 nitrogen and oxygen atoms in total. The normalized spacial score (nSPS) is 19.1. The molecule has 2 N–H and O–H groups in total. The number of rotatable bonds is 7. The van der Waals surface area contributed by atoms with Gasteiger partial charge in [-0.3, -0.25) is 0 Å². The molecule has 2 unspecified atom stereocenters. The number of aliphatic hydroxyl groups is 1. The van der Waals surface area contributed by atoms with Crippen molar-refractivity contribution in [3.05, 3.63) is 35.6 Å². The first-order valence-corrected chi connectivity index (χ1v) is 7.52. The van der Waals surface area contributed by atoms with Crippen LogP contribution in [0.25, 0.3) is 0 Å². The second-order valence-electron chi connectivity index (χ2n) is 5.84. The molecule has 0 saturated carbocycles. The van der Waals surface area contributed by atoms with E-state index in [2.05, 4.69) is 17.1 Å². The van der Waals surface area contributed by atoms with Gasteiger partial charge in [-0.1, -0.05) is 19.1 Å². The van der Waals surface area contributed by atoms with Gasteiger partial charge in [0.1, 0.15) is 5.82 Å². The van der Waals surface area contributed by atoms with Gasteiger partial charge in [0.15, 0.2) is 0 Å². The highest BCUT2D eigenvalue weighted by atomic mass is 19.1. The summed E-state index contributed by atoms with van der Waals surface area (Å²) >= 11 is 0. The second kappa shape index (κ2) is 7.72. The average Bonchev–Trinajstić information content (AvgIpc) is 2.91. The zero-order valence-corrected chi connectivity index (χ0v) is 12.2. The highest BCUT2D eigenvalue weighted by Gasteiger charge is 2.15. The summed E-state index contributed by atoms with van der Waals surface area (Å²) in [6.45, 7) is 7.12. The summed E-state index contributed by atoms with van der Waals surface area (Å²) in [4.78, 5) is 2.50. The minimum Gasteiger partial charge on any atom is -0.387 e. The number of benzene rings is 1. The summed E-state index contributed by atoms with van der Waals surface area (Å²) in [5, 5.41) is 13.3. The smallest absolute Gasteiger partial charge is 0.123 e. The molecule has 112 valence electrons. The first-order chi connectivity index (χ1) is 9.65. The fourth-order valence-corrected chi connectivity index (χ4v) is 2.77. The van der Waals surface area contributed by atoms with Crippen molar-refractivity contribution in [3.8, 4) is 0 Å². The van der Waals surface area contributed by atoms with Crippen LogP contribution in [-0.4, -0.2) is 42.7 Å². The molecule has 0 aromatic heterocycles. The van der Waals surface area contributed by atoms with Crippen LogP contribution in [0.4, 0.5) is 4.39 Å². The lowest BCUT2D eigenvalue weighted by molar-refractivity contribution is 0.170. The van der Waals surface area contributed by atoms with Crippen molar-refractivity contribution in [3.63, 3.8) is 0 Å². The van der Waals surface area contributed by atoms with Gasteiger partial charge >= 0.3 is 0 Å². The topological polar surface area (TPSA) is 35.5 Å². The van der Waals surface area contributed by atoms with Crippen molar-refractivity contribution in [2.45, 2.75) is 25.9 Å². The monoisotopic (exact) mass is 280 g/mol. The summed E-state index contributed by atoms with van der Waals surface area (Å²) in [5.74, 6) is 0.261. The molecular formula is C16H25FN2O. The van der Waals surface area contributed by atoms with Gasteiger partial charge in [0.05, 0.1) is 6.10 Å². The number of nitrogens with one attached hydrogen (secondary N) is 1. The van der Waals surface area contributed by atoms with E-state index in [0.717, 1.165) is 13.1 Å². The Morgan fingerprint density at radius 3 is 2.75 bits per heavy atom. The molecule has 0 radical (unpaired) electrons. The SMILES string of the molecule is CC(CNCC(O)c1cccc(F)c1)CN1CCCC1. The quantitative estimate of drug-likeness (QED) is 0.803. The molecule has 1 heterocycles. The summed E-state index contributed by atoms with van der Waals surface area (Å²) < 4.78 is 13.1. The predicted octanol–water partition coefficient (Wildman–Crippen LogP) is 2.18. The van der Waals surface area contributed by atoms with Crippen molar-refractivity contribution in [2.24, 2.45) is 5.92 Å². The number of halogens is 1. The van der Waals surface area contributed by atoms with Gasteiger partial charge in [-0.05, 0) is 56.1 Å². The molecule has 1 aliphatic heterocycles. The number of hydrogen-bond acceptors (Lipinski definition) is 3. The number of aliphatic hydroxyl groups excluding tert-OH is 1. The van der Waals surface area contributed by atoms with Crippen molar-refractivity contribution in [2.75, 3.05) is 32.7 Å². The first-order valence-electron chi connectivity index (χ1n) is 7.52. The van der Waals surface area contributed by atoms with E-state index in [4.69, 9.17) is 0 Å². The Bertz CT molecular complexity index is 407. The molecule has 1 aliphatic rings. The van der Waals surface area contributed by atoms with E-state index in [1.807, 2.05) is 0 Å². The van der Waals surface area contributed by atoms with Gasteiger partial charge in [-0.15, -0.1) is 0 Å².